The number of furan rings is 1. The van der Waals surface area contributed by atoms with Crippen LogP contribution in [-0.4, -0.2) is 31.6 Å². The van der Waals surface area contributed by atoms with Crippen molar-refractivity contribution < 1.29 is 9.21 Å². The Bertz CT molecular complexity index is 856. The van der Waals surface area contributed by atoms with Gasteiger partial charge in [-0.3, -0.25) is 9.48 Å². The third-order valence-electron chi connectivity index (χ3n) is 3.50. The minimum absolute atomic E-state index is 0.0931. The van der Waals surface area contributed by atoms with Crippen molar-refractivity contribution in [3.63, 3.8) is 0 Å². The van der Waals surface area contributed by atoms with Crippen LogP contribution in [0.3, 0.4) is 0 Å². The summed E-state index contributed by atoms with van der Waals surface area (Å²) >= 11 is 2.76. The van der Waals surface area contributed by atoms with Crippen molar-refractivity contribution in [2.45, 2.75) is 24.7 Å². The molecule has 2 N–H and O–H groups in total. The van der Waals surface area contributed by atoms with Gasteiger partial charge in [-0.1, -0.05) is 23.1 Å². The zero-order valence-electron chi connectivity index (χ0n) is 14.1. The lowest BCUT2D eigenvalue weighted by Gasteiger charge is -2.04. The summed E-state index contributed by atoms with van der Waals surface area (Å²) in [6, 6.07) is 3.72. The quantitative estimate of drug-likeness (QED) is 0.610. The number of nitrogens with zero attached hydrogens (tertiary/aromatic N) is 4. The summed E-state index contributed by atoms with van der Waals surface area (Å²) in [7, 11) is 1.85. The number of hydrogen-bond acceptors (Lipinski definition) is 8. The first-order valence-electron chi connectivity index (χ1n) is 7.55. The van der Waals surface area contributed by atoms with Crippen molar-refractivity contribution >= 4 is 39.8 Å². The van der Waals surface area contributed by atoms with Gasteiger partial charge in [0.15, 0.2) is 4.34 Å². The standard InChI is InChI=1S/C15H18N6O2S2/c1-9-13(10(2)21(3)20-9)17-12(22)8-24-15-19-18-14(25-15)16-7-11-5-4-6-23-11/h4-6H,7-8H2,1-3H3,(H,16,18)(H,17,22). The molecule has 25 heavy (non-hydrogen) atoms. The number of aryl methyl sites for hydroxylation is 2. The molecule has 0 saturated carbocycles. The van der Waals surface area contributed by atoms with Gasteiger partial charge in [0.1, 0.15) is 5.76 Å². The molecule has 0 aliphatic heterocycles. The Hall–Kier alpha value is -2.33. The predicted octanol–water partition coefficient (Wildman–Crippen LogP) is 2.82. The second-order valence-electron chi connectivity index (χ2n) is 5.31. The number of amides is 1. The van der Waals surface area contributed by atoms with Crippen LogP contribution < -0.4 is 10.6 Å². The zero-order valence-corrected chi connectivity index (χ0v) is 15.7. The fourth-order valence-corrected chi connectivity index (χ4v) is 3.72. The van der Waals surface area contributed by atoms with Gasteiger partial charge in [0, 0.05) is 7.05 Å². The summed E-state index contributed by atoms with van der Waals surface area (Å²) in [5, 5.41) is 19.2. The smallest absolute Gasteiger partial charge is 0.234 e. The summed E-state index contributed by atoms with van der Waals surface area (Å²) in [5.74, 6) is 0.996. The van der Waals surface area contributed by atoms with Crippen LogP contribution in [-0.2, 0) is 18.4 Å². The van der Waals surface area contributed by atoms with Gasteiger partial charge in [-0.05, 0) is 26.0 Å². The molecule has 0 atom stereocenters. The average Bonchev–Trinajstić information content (AvgIpc) is 3.30. The highest BCUT2D eigenvalue weighted by molar-refractivity contribution is 8.01. The van der Waals surface area contributed by atoms with E-state index in [1.165, 1.54) is 23.1 Å². The largest absolute Gasteiger partial charge is 0.467 e. The Morgan fingerprint density at radius 3 is 2.92 bits per heavy atom. The first-order valence-corrected chi connectivity index (χ1v) is 9.35. The molecule has 1 amide bonds. The number of thioether (sulfide) groups is 1. The molecule has 0 aliphatic carbocycles. The monoisotopic (exact) mass is 378 g/mol. The third kappa shape index (κ3) is 4.40. The average molecular weight is 378 g/mol. The lowest BCUT2D eigenvalue weighted by molar-refractivity contribution is -0.113. The lowest BCUT2D eigenvalue weighted by atomic mass is 10.3. The molecular weight excluding hydrogens is 360 g/mol. The lowest BCUT2D eigenvalue weighted by Crippen LogP contribution is -2.15. The number of carbonyl (C=O) groups is 1. The van der Waals surface area contributed by atoms with Crippen LogP contribution in [0.1, 0.15) is 17.1 Å². The zero-order chi connectivity index (χ0) is 17.8. The molecule has 3 heterocycles. The number of nitrogens with one attached hydrogen (secondary N) is 2. The van der Waals surface area contributed by atoms with Crippen molar-refractivity contribution in [1.29, 1.82) is 0 Å². The van der Waals surface area contributed by atoms with E-state index < -0.39 is 0 Å². The van der Waals surface area contributed by atoms with Gasteiger partial charge in [-0.15, -0.1) is 10.2 Å². The van der Waals surface area contributed by atoms with E-state index in [0.717, 1.165) is 27.2 Å². The summed E-state index contributed by atoms with van der Waals surface area (Å²) in [5.41, 5.74) is 2.50. The van der Waals surface area contributed by atoms with Gasteiger partial charge in [0.05, 0.1) is 35.6 Å². The molecule has 0 aliphatic rings. The van der Waals surface area contributed by atoms with Crippen molar-refractivity contribution in [2.75, 3.05) is 16.4 Å². The maximum atomic E-state index is 12.1. The van der Waals surface area contributed by atoms with E-state index in [-0.39, 0.29) is 11.7 Å². The molecule has 3 rings (SSSR count). The van der Waals surface area contributed by atoms with E-state index in [0.29, 0.717) is 11.7 Å². The molecule has 0 saturated heterocycles. The van der Waals surface area contributed by atoms with Gasteiger partial charge >= 0.3 is 0 Å². The molecule has 0 aromatic carbocycles. The number of hydrogen-bond donors (Lipinski definition) is 2. The van der Waals surface area contributed by atoms with Crippen LogP contribution >= 0.6 is 23.1 Å². The molecule has 0 unspecified atom stereocenters. The molecule has 0 radical (unpaired) electrons. The van der Waals surface area contributed by atoms with Crippen LogP contribution in [0, 0.1) is 13.8 Å². The molecular formula is C15H18N6O2S2. The van der Waals surface area contributed by atoms with Crippen LogP contribution in [0.4, 0.5) is 10.8 Å². The van der Waals surface area contributed by atoms with Crippen LogP contribution in [0.25, 0.3) is 0 Å². The highest BCUT2D eigenvalue weighted by Gasteiger charge is 2.14. The maximum absolute atomic E-state index is 12.1. The Balaban J connectivity index is 1.49. The van der Waals surface area contributed by atoms with Crippen LogP contribution in [0.15, 0.2) is 27.2 Å². The van der Waals surface area contributed by atoms with Crippen LogP contribution in [0.5, 0.6) is 0 Å². The minimum Gasteiger partial charge on any atom is -0.467 e. The number of anilines is 2. The van der Waals surface area contributed by atoms with E-state index in [9.17, 15) is 4.79 Å². The molecule has 0 bridgehead atoms. The van der Waals surface area contributed by atoms with Gasteiger partial charge < -0.3 is 15.1 Å². The molecule has 3 aromatic rings. The normalized spacial score (nSPS) is 10.8. The van der Waals surface area contributed by atoms with Crippen molar-refractivity contribution in [1.82, 2.24) is 20.0 Å². The second kappa shape index (κ2) is 7.70. The van der Waals surface area contributed by atoms with E-state index in [1.807, 2.05) is 33.0 Å². The van der Waals surface area contributed by atoms with Crippen molar-refractivity contribution in [3.8, 4) is 0 Å². The SMILES string of the molecule is Cc1nn(C)c(C)c1NC(=O)CSc1nnc(NCc2ccco2)s1. The molecule has 8 nitrogen and oxygen atoms in total. The van der Waals surface area contributed by atoms with E-state index in [4.69, 9.17) is 4.42 Å². The molecule has 0 fully saturated rings. The van der Waals surface area contributed by atoms with E-state index in [1.54, 1.807) is 10.9 Å². The second-order valence-corrected chi connectivity index (χ2v) is 7.51. The number of aromatic nitrogens is 4. The third-order valence-corrected chi connectivity index (χ3v) is 5.51. The molecule has 132 valence electrons. The number of rotatable bonds is 7. The fraction of sp³-hybridized carbons (Fsp3) is 0.333. The summed E-state index contributed by atoms with van der Waals surface area (Å²) < 4.78 is 7.73. The summed E-state index contributed by atoms with van der Waals surface area (Å²) in [6.45, 7) is 4.34. The molecule has 3 aromatic heterocycles. The molecule has 10 heteroatoms. The van der Waals surface area contributed by atoms with Gasteiger partial charge in [0.25, 0.3) is 0 Å². The first kappa shape index (κ1) is 17.5. The first-order chi connectivity index (χ1) is 12.0. The topological polar surface area (TPSA) is 97.9 Å². The highest BCUT2D eigenvalue weighted by atomic mass is 32.2. The summed E-state index contributed by atoms with van der Waals surface area (Å²) in [4.78, 5) is 12.1. The minimum atomic E-state index is -0.0931. The van der Waals surface area contributed by atoms with Gasteiger partial charge in [0.2, 0.25) is 11.0 Å². The Morgan fingerprint density at radius 1 is 1.40 bits per heavy atom. The molecule has 0 spiro atoms. The Kier molecular flexibility index (Phi) is 5.39. The van der Waals surface area contributed by atoms with E-state index >= 15 is 0 Å². The Labute approximate surface area is 153 Å². The van der Waals surface area contributed by atoms with Gasteiger partial charge in [-0.2, -0.15) is 5.10 Å². The maximum Gasteiger partial charge on any atom is 0.234 e. The van der Waals surface area contributed by atoms with E-state index in [2.05, 4.69) is 25.9 Å². The fourth-order valence-electron chi connectivity index (χ4n) is 2.17. The van der Waals surface area contributed by atoms with Crippen molar-refractivity contribution in [2.24, 2.45) is 7.05 Å². The van der Waals surface area contributed by atoms with Gasteiger partial charge in [-0.25, -0.2) is 0 Å². The highest BCUT2D eigenvalue weighted by Crippen LogP contribution is 2.26. The summed E-state index contributed by atoms with van der Waals surface area (Å²) in [6.07, 6.45) is 1.63. The van der Waals surface area contributed by atoms with Crippen molar-refractivity contribution in [3.05, 3.63) is 35.5 Å². The number of carbonyl (C=O) groups excluding carboxylic acids is 1. The predicted molar refractivity (Wildman–Crippen MR) is 98.0 cm³/mol. The van der Waals surface area contributed by atoms with Crippen LogP contribution in [0.2, 0.25) is 0 Å². The Morgan fingerprint density at radius 2 is 2.24 bits per heavy atom.